The zero-order valence-electron chi connectivity index (χ0n) is 16.7. The Labute approximate surface area is 174 Å². The van der Waals surface area contributed by atoms with Gasteiger partial charge in [-0.05, 0) is 44.2 Å². The molecule has 1 aromatic heterocycles. The number of piperidine rings is 1. The molecule has 2 aliphatic heterocycles. The number of carbonyl (C=O) groups excluding carboxylic acids is 1. The van der Waals surface area contributed by atoms with Crippen molar-refractivity contribution in [2.24, 2.45) is 0 Å². The molecule has 0 aliphatic carbocycles. The molecule has 156 valence electrons. The summed E-state index contributed by atoms with van der Waals surface area (Å²) in [6, 6.07) is 5.60. The number of benzene rings is 1. The van der Waals surface area contributed by atoms with E-state index in [1.165, 1.54) is 24.3 Å². The van der Waals surface area contributed by atoms with E-state index in [9.17, 15) is 14.3 Å². The van der Waals surface area contributed by atoms with Gasteiger partial charge in [0, 0.05) is 50.2 Å². The Morgan fingerprint density at radius 3 is 2.45 bits per heavy atom. The molecule has 2 aromatic rings. The highest BCUT2D eigenvalue weighted by atomic mass is 32.1. The van der Waals surface area contributed by atoms with Crippen molar-refractivity contribution in [2.45, 2.75) is 25.0 Å². The minimum absolute atomic E-state index is 0.124. The molecule has 4 rings (SSSR count). The largest absolute Gasteiger partial charge is 0.383 e. The maximum atomic E-state index is 13.1. The summed E-state index contributed by atoms with van der Waals surface area (Å²) in [5, 5.41) is 14.1. The molecular formula is C21H27FN4O2S. The number of rotatable bonds is 4. The number of aromatic nitrogens is 1. The smallest absolute Gasteiger partial charge is 0.253 e. The number of halogens is 1. The van der Waals surface area contributed by atoms with Gasteiger partial charge in [0.1, 0.15) is 16.4 Å². The van der Waals surface area contributed by atoms with Crippen LogP contribution in [0.3, 0.4) is 0 Å². The number of hydrogen-bond acceptors (Lipinski definition) is 6. The van der Waals surface area contributed by atoms with Crippen molar-refractivity contribution in [3.63, 3.8) is 0 Å². The van der Waals surface area contributed by atoms with Gasteiger partial charge in [-0.3, -0.25) is 9.69 Å². The van der Waals surface area contributed by atoms with Crippen LogP contribution >= 0.6 is 11.3 Å². The van der Waals surface area contributed by atoms with E-state index in [1.54, 1.807) is 16.2 Å². The maximum Gasteiger partial charge on any atom is 0.253 e. The fourth-order valence-corrected chi connectivity index (χ4v) is 4.83. The fourth-order valence-electron chi connectivity index (χ4n) is 3.91. The van der Waals surface area contributed by atoms with Crippen LogP contribution in [0.5, 0.6) is 0 Å². The lowest BCUT2D eigenvalue weighted by molar-refractivity contribution is -0.0241. The number of likely N-dealkylation sites (N-methyl/N-ethyl adjacent to an activating group) is 1. The maximum absolute atomic E-state index is 13.1. The normalized spacial score (nSPS) is 20.7. The van der Waals surface area contributed by atoms with Crippen LogP contribution in [-0.4, -0.2) is 77.0 Å². The molecule has 1 amide bonds. The van der Waals surface area contributed by atoms with Gasteiger partial charge in [0.2, 0.25) is 0 Å². The van der Waals surface area contributed by atoms with Gasteiger partial charge in [-0.1, -0.05) is 0 Å². The summed E-state index contributed by atoms with van der Waals surface area (Å²) in [6.45, 7) is 5.95. The number of aliphatic hydroxyl groups is 1. The Kier molecular flexibility index (Phi) is 5.96. The number of nitrogens with zero attached hydrogens (tertiary/aromatic N) is 4. The van der Waals surface area contributed by atoms with Crippen LogP contribution in [0.2, 0.25) is 0 Å². The van der Waals surface area contributed by atoms with E-state index in [2.05, 4.69) is 16.8 Å². The third-order valence-corrected chi connectivity index (χ3v) is 6.79. The highest BCUT2D eigenvalue weighted by molar-refractivity contribution is 7.09. The number of likely N-dealkylation sites (tertiary alicyclic amines) is 1. The monoisotopic (exact) mass is 418 g/mol. The lowest BCUT2D eigenvalue weighted by Gasteiger charge is -2.37. The van der Waals surface area contributed by atoms with Gasteiger partial charge < -0.3 is 14.9 Å². The highest BCUT2D eigenvalue weighted by Crippen LogP contribution is 2.34. The van der Waals surface area contributed by atoms with Crippen LogP contribution in [0.4, 0.5) is 4.39 Å². The molecule has 29 heavy (non-hydrogen) atoms. The van der Waals surface area contributed by atoms with Crippen molar-refractivity contribution in [1.82, 2.24) is 19.7 Å². The van der Waals surface area contributed by atoms with E-state index in [4.69, 9.17) is 4.98 Å². The van der Waals surface area contributed by atoms with Crippen LogP contribution in [0.15, 0.2) is 29.6 Å². The minimum Gasteiger partial charge on any atom is -0.383 e. The standard InChI is InChI=1S/C21H27FN4O2S/c1-24-10-12-25(13-11-24)14-19-23-18(15-29-19)21(28)6-8-26(9-7-21)20(27)16-2-4-17(22)5-3-16/h2-5,15,28H,6-14H2,1H3. The topological polar surface area (TPSA) is 59.9 Å². The molecule has 0 bridgehead atoms. The summed E-state index contributed by atoms with van der Waals surface area (Å²) in [6.07, 6.45) is 0.912. The molecule has 2 fully saturated rings. The lowest BCUT2D eigenvalue weighted by Crippen LogP contribution is -2.45. The first kappa shape index (κ1) is 20.4. The van der Waals surface area contributed by atoms with Crippen LogP contribution in [0.1, 0.15) is 33.9 Å². The van der Waals surface area contributed by atoms with Gasteiger partial charge in [0.25, 0.3) is 5.91 Å². The zero-order chi connectivity index (χ0) is 20.4. The Bertz CT molecular complexity index is 841. The van der Waals surface area contributed by atoms with Crippen LogP contribution < -0.4 is 0 Å². The van der Waals surface area contributed by atoms with Gasteiger partial charge in [-0.15, -0.1) is 11.3 Å². The number of piperazine rings is 1. The van der Waals surface area contributed by atoms with Crippen molar-refractivity contribution < 1.29 is 14.3 Å². The quantitative estimate of drug-likeness (QED) is 0.825. The predicted molar refractivity (Wildman–Crippen MR) is 110 cm³/mol. The minimum atomic E-state index is -0.990. The molecule has 1 aromatic carbocycles. The number of amides is 1. The van der Waals surface area contributed by atoms with E-state index in [0.717, 1.165) is 43.4 Å². The SMILES string of the molecule is CN1CCN(Cc2nc(C3(O)CCN(C(=O)c4ccc(F)cc4)CC3)cs2)CC1. The summed E-state index contributed by atoms with van der Waals surface area (Å²) in [5.74, 6) is -0.480. The first-order valence-corrected chi connectivity index (χ1v) is 10.9. The summed E-state index contributed by atoms with van der Waals surface area (Å²) >= 11 is 1.60. The number of carbonyl (C=O) groups is 1. The second-order valence-electron chi connectivity index (χ2n) is 8.04. The molecule has 8 heteroatoms. The number of thiazole rings is 1. The van der Waals surface area contributed by atoms with Crippen molar-refractivity contribution in [1.29, 1.82) is 0 Å². The Morgan fingerprint density at radius 1 is 1.14 bits per heavy atom. The first-order chi connectivity index (χ1) is 13.9. The summed E-state index contributed by atoms with van der Waals surface area (Å²) in [5.41, 5.74) is 0.205. The van der Waals surface area contributed by atoms with Crippen molar-refractivity contribution in [2.75, 3.05) is 46.3 Å². The predicted octanol–water partition coefficient (Wildman–Crippen LogP) is 2.15. The van der Waals surface area contributed by atoms with Crippen molar-refractivity contribution >= 4 is 17.2 Å². The van der Waals surface area contributed by atoms with Crippen LogP contribution in [-0.2, 0) is 12.1 Å². The molecule has 2 saturated heterocycles. The van der Waals surface area contributed by atoms with Gasteiger partial charge in [0.15, 0.2) is 0 Å². The van der Waals surface area contributed by atoms with E-state index < -0.39 is 5.60 Å². The molecule has 3 heterocycles. The fraction of sp³-hybridized carbons (Fsp3) is 0.524. The van der Waals surface area contributed by atoms with E-state index in [-0.39, 0.29) is 11.7 Å². The molecule has 2 aliphatic rings. The van der Waals surface area contributed by atoms with Gasteiger partial charge in [-0.2, -0.15) is 0 Å². The average Bonchev–Trinajstić information content (AvgIpc) is 3.20. The van der Waals surface area contributed by atoms with E-state index in [0.29, 0.717) is 31.5 Å². The number of hydrogen-bond donors (Lipinski definition) is 1. The van der Waals surface area contributed by atoms with E-state index >= 15 is 0 Å². The summed E-state index contributed by atoms with van der Waals surface area (Å²) < 4.78 is 13.1. The van der Waals surface area contributed by atoms with E-state index in [1.807, 2.05) is 5.38 Å². The molecule has 0 saturated carbocycles. The Hall–Kier alpha value is -1.87. The molecule has 6 nitrogen and oxygen atoms in total. The molecule has 0 spiro atoms. The third kappa shape index (κ3) is 4.66. The average molecular weight is 419 g/mol. The lowest BCUT2D eigenvalue weighted by atomic mass is 9.88. The van der Waals surface area contributed by atoms with Crippen molar-refractivity contribution in [3.05, 3.63) is 51.7 Å². The zero-order valence-corrected chi connectivity index (χ0v) is 17.5. The van der Waals surface area contributed by atoms with Gasteiger partial charge >= 0.3 is 0 Å². The molecular weight excluding hydrogens is 391 g/mol. The molecule has 0 atom stereocenters. The molecule has 0 unspecified atom stereocenters. The van der Waals surface area contributed by atoms with Crippen LogP contribution in [0.25, 0.3) is 0 Å². The second kappa shape index (κ2) is 8.47. The van der Waals surface area contributed by atoms with Gasteiger partial charge in [-0.25, -0.2) is 9.37 Å². The highest BCUT2D eigenvalue weighted by Gasteiger charge is 2.37. The Morgan fingerprint density at radius 2 is 1.79 bits per heavy atom. The first-order valence-electron chi connectivity index (χ1n) is 10.1. The molecule has 0 radical (unpaired) electrons. The summed E-state index contributed by atoms with van der Waals surface area (Å²) in [7, 11) is 2.14. The van der Waals surface area contributed by atoms with Crippen LogP contribution in [0, 0.1) is 5.82 Å². The summed E-state index contributed by atoms with van der Waals surface area (Å²) in [4.78, 5) is 23.8. The Balaban J connectivity index is 1.35. The second-order valence-corrected chi connectivity index (χ2v) is 8.98. The van der Waals surface area contributed by atoms with Crippen molar-refractivity contribution in [3.8, 4) is 0 Å². The third-order valence-electron chi connectivity index (χ3n) is 5.95. The molecule has 1 N–H and O–H groups in total. The van der Waals surface area contributed by atoms with Gasteiger partial charge in [0.05, 0.1) is 12.2 Å².